The minimum absolute atomic E-state index is 0.0696. The maximum Gasteiger partial charge on any atom is 0.276 e. The smallest absolute Gasteiger partial charge is 0.276 e. The maximum absolute atomic E-state index is 13.3. The van der Waals surface area contributed by atoms with Crippen LogP contribution in [0.4, 0.5) is 10.1 Å². The summed E-state index contributed by atoms with van der Waals surface area (Å²) in [6, 6.07) is 12.7. The summed E-state index contributed by atoms with van der Waals surface area (Å²) in [7, 11) is 0. The van der Waals surface area contributed by atoms with Gasteiger partial charge < -0.3 is 10.1 Å². The summed E-state index contributed by atoms with van der Waals surface area (Å²) >= 11 is 11.9. The average Bonchev–Trinajstić information content (AvgIpc) is 3.37. The third kappa shape index (κ3) is 5.42. The fourth-order valence-electron chi connectivity index (χ4n) is 2.81. The first-order chi connectivity index (χ1) is 15.0. The van der Waals surface area contributed by atoms with E-state index in [2.05, 4.69) is 15.5 Å². The normalized spacial score (nSPS) is 10.8. The van der Waals surface area contributed by atoms with Gasteiger partial charge in [0.2, 0.25) is 0 Å². The second-order valence-corrected chi connectivity index (χ2v) is 7.44. The van der Waals surface area contributed by atoms with E-state index in [0.717, 1.165) is 5.56 Å². The molecule has 4 rings (SSSR count). The molecule has 0 saturated heterocycles. The molecular weight excluding hydrogens is 444 g/mol. The molecule has 2 aromatic carbocycles. The summed E-state index contributed by atoms with van der Waals surface area (Å²) < 4.78 is 22.0. The van der Waals surface area contributed by atoms with Crippen molar-refractivity contribution in [3.05, 3.63) is 94.2 Å². The number of nitrogens with one attached hydrogen (secondary N) is 1. The summed E-state index contributed by atoms with van der Waals surface area (Å²) in [4.78, 5) is 12.5. The first-order valence-electron chi connectivity index (χ1n) is 9.16. The van der Waals surface area contributed by atoms with Crippen LogP contribution >= 0.6 is 23.2 Å². The van der Waals surface area contributed by atoms with Crippen molar-refractivity contribution in [1.29, 1.82) is 0 Å². The van der Waals surface area contributed by atoms with Crippen LogP contribution < -0.4 is 10.1 Å². The van der Waals surface area contributed by atoms with Gasteiger partial charge in [0.25, 0.3) is 5.91 Å². The van der Waals surface area contributed by atoms with Gasteiger partial charge in [0.05, 0.1) is 23.5 Å². The molecule has 0 aliphatic carbocycles. The van der Waals surface area contributed by atoms with E-state index in [1.165, 1.54) is 23.0 Å². The highest BCUT2D eigenvalue weighted by Gasteiger charge is 2.12. The predicted octanol–water partition coefficient (Wildman–Crippen LogP) is 4.86. The topological polar surface area (TPSA) is 74.0 Å². The summed E-state index contributed by atoms with van der Waals surface area (Å²) in [5.74, 6) is -0.247. The summed E-state index contributed by atoms with van der Waals surface area (Å²) in [5.41, 5.74) is 1.48. The highest BCUT2D eigenvalue weighted by Crippen LogP contribution is 2.27. The standard InChI is InChI=1S/C21H16Cl2FN5O2/c22-15-4-5-20(18(23)9-15)31-13-28-7-6-19(27-28)21(30)26-17-10-25-29(12-17)11-14-2-1-3-16(24)8-14/h1-10,12H,11,13H2,(H,26,30). The molecule has 2 aromatic heterocycles. The van der Waals surface area contributed by atoms with E-state index in [0.29, 0.717) is 28.0 Å². The highest BCUT2D eigenvalue weighted by molar-refractivity contribution is 6.35. The molecule has 2 heterocycles. The second-order valence-electron chi connectivity index (χ2n) is 6.60. The molecule has 0 aliphatic rings. The van der Waals surface area contributed by atoms with Crippen molar-refractivity contribution < 1.29 is 13.9 Å². The number of carbonyl (C=O) groups is 1. The largest absolute Gasteiger partial charge is 0.470 e. The number of halogens is 3. The third-order valence-corrected chi connectivity index (χ3v) is 4.77. The van der Waals surface area contributed by atoms with Gasteiger partial charge in [-0.25, -0.2) is 9.07 Å². The molecule has 0 bridgehead atoms. The van der Waals surface area contributed by atoms with E-state index in [1.54, 1.807) is 53.5 Å². The van der Waals surface area contributed by atoms with Crippen molar-refractivity contribution in [1.82, 2.24) is 19.6 Å². The molecule has 0 radical (unpaired) electrons. The number of carbonyl (C=O) groups excluding carboxylic acids is 1. The summed E-state index contributed by atoms with van der Waals surface area (Å²) in [6.07, 6.45) is 4.79. The Morgan fingerprint density at radius 1 is 1.13 bits per heavy atom. The van der Waals surface area contributed by atoms with Crippen molar-refractivity contribution >= 4 is 34.8 Å². The quantitative estimate of drug-likeness (QED) is 0.428. The van der Waals surface area contributed by atoms with Crippen LogP contribution in [0.2, 0.25) is 10.0 Å². The number of anilines is 1. The number of benzene rings is 2. The molecule has 0 fully saturated rings. The summed E-state index contributed by atoms with van der Waals surface area (Å²) in [6.45, 7) is 0.451. The SMILES string of the molecule is O=C(Nc1cnn(Cc2cccc(F)c2)c1)c1ccn(COc2ccc(Cl)cc2Cl)n1. The van der Waals surface area contributed by atoms with Crippen LogP contribution in [0.15, 0.2) is 67.1 Å². The van der Waals surface area contributed by atoms with Crippen molar-refractivity contribution in [3.63, 3.8) is 0 Å². The Hall–Kier alpha value is -3.36. The fourth-order valence-corrected chi connectivity index (χ4v) is 3.28. The zero-order valence-electron chi connectivity index (χ0n) is 16.0. The molecule has 0 unspecified atom stereocenters. The van der Waals surface area contributed by atoms with E-state index < -0.39 is 5.91 Å². The number of hydrogen-bond acceptors (Lipinski definition) is 4. The van der Waals surface area contributed by atoms with Gasteiger partial charge in [0, 0.05) is 17.4 Å². The van der Waals surface area contributed by atoms with Crippen molar-refractivity contribution in [3.8, 4) is 5.75 Å². The number of rotatable bonds is 7. The zero-order chi connectivity index (χ0) is 21.8. The molecule has 0 atom stereocenters. The molecule has 0 spiro atoms. The predicted molar refractivity (Wildman–Crippen MR) is 115 cm³/mol. The van der Waals surface area contributed by atoms with Gasteiger partial charge in [-0.05, 0) is 42.0 Å². The first kappa shape index (κ1) is 20.9. The first-order valence-corrected chi connectivity index (χ1v) is 9.91. The van der Waals surface area contributed by atoms with Crippen LogP contribution in [0, 0.1) is 5.82 Å². The molecule has 158 valence electrons. The van der Waals surface area contributed by atoms with Crippen LogP contribution in [-0.2, 0) is 13.3 Å². The van der Waals surface area contributed by atoms with Crippen molar-refractivity contribution in [2.75, 3.05) is 5.32 Å². The highest BCUT2D eigenvalue weighted by atomic mass is 35.5. The van der Waals surface area contributed by atoms with Crippen molar-refractivity contribution in [2.24, 2.45) is 0 Å². The van der Waals surface area contributed by atoms with Crippen LogP contribution in [0.3, 0.4) is 0 Å². The summed E-state index contributed by atoms with van der Waals surface area (Å²) in [5, 5.41) is 12.0. The Morgan fingerprint density at radius 3 is 2.81 bits per heavy atom. The lowest BCUT2D eigenvalue weighted by atomic mass is 10.2. The average molecular weight is 460 g/mol. The molecule has 1 amide bonds. The lowest BCUT2D eigenvalue weighted by Crippen LogP contribution is -2.14. The molecule has 31 heavy (non-hydrogen) atoms. The zero-order valence-corrected chi connectivity index (χ0v) is 17.5. The Bertz CT molecular complexity index is 1220. The molecule has 4 aromatic rings. The second kappa shape index (κ2) is 9.20. The maximum atomic E-state index is 13.3. The molecule has 0 saturated carbocycles. The van der Waals surface area contributed by atoms with E-state index in [1.807, 2.05) is 0 Å². The van der Waals surface area contributed by atoms with Gasteiger partial charge in [-0.1, -0.05) is 35.3 Å². The minimum atomic E-state index is -0.395. The Balaban J connectivity index is 1.34. The van der Waals surface area contributed by atoms with E-state index in [-0.39, 0.29) is 18.2 Å². The number of ether oxygens (including phenoxy) is 1. The fraction of sp³-hybridized carbons (Fsp3) is 0.0952. The van der Waals surface area contributed by atoms with E-state index >= 15 is 0 Å². The molecule has 1 N–H and O–H groups in total. The minimum Gasteiger partial charge on any atom is -0.470 e. The monoisotopic (exact) mass is 459 g/mol. The number of aromatic nitrogens is 4. The number of amides is 1. The Labute approximate surface area is 187 Å². The Kier molecular flexibility index (Phi) is 6.20. The van der Waals surface area contributed by atoms with Gasteiger partial charge in [0.15, 0.2) is 12.4 Å². The van der Waals surface area contributed by atoms with Gasteiger partial charge in [-0.15, -0.1) is 0 Å². The van der Waals surface area contributed by atoms with Crippen LogP contribution in [0.5, 0.6) is 5.75 Å². The van der Waals surface area contributed by atoms with Gasteiger partial charge >= 0.3 is 0 Å². The molecule has 10 heteroatoms. The molecule has 7 nitrogen and oxygen atoms in total. The van der Waals surface area contributed by atoms with Gasteiger partial charge in [-0.3, -0.25) is 9.48 Å². The number of nitrogens with zero attached hydrogens (tertiary/aromatic N) is 4. The van der Waals surface area contributed by atoms with Crippen LogP contribution in [-0.4, -0.2) is 25.5 Å². The Morgan fingerprint density at radius 2 is 2.00 bits per heavy atom. The molecule has 0 aliphatic heterocycles. The van der Waals surface area contributed by atoms with Gasteiger partial charge in [-0.2, -0.15) is 10.2 Å². The van der Waals surface area contributed by atoms with Gasteiger partial charge in [0.1, 0.15) is 11.6 Å². The number of hydrogen-bond donors (Lipinski definition) is 1. The lowest BCUT2D eigenvalue weighted by Gasteiger charge is -2.08. The van der Waals surface area contributed by atoms with Crippen LogP contribution in [0.25, 0.3) is 0 Å². The van der Waals surface area contributed by atoms with Crippen molar-refractivity contribution in [2.45, 2.75) is 13.3 Å². The molecular formula is C21H16Cl2FN5O2. The van der Waals surface area contributed by atoms with Crippen LogP contribution in [0.1, 0.15) is 16.1 Å². The van der Waals surface area contributed by atoms with E-state index in [4.69, 9.17) is 27.9 Å². The lowest BCUT2D eigenvalue weighted by molar-refractivity contribution is 0.102. The third-order valence-electron chi connectivity index (χ3n) is 4.24. The van der Waals surface area contributed by atoms with E-state index in [9.17, 15) is 9.18 Å².